The Labute approximate surface area is 88.1 Å². The van der Waals surface area contributed by atoms with Gasteiger partial charge in [0, 0.05) is 4.47 Å². The van der Waals surface area contributed by atoms with Crippen molar-refractivity contribution in [3.8, 4) is 0 Å². The maximum atomic E-state index is 9.11. The van der Waals surface area contributed by atoms with Crippen LogP contribution in [0.1, 0.15) is 5.69 Å². The predicted octanol–water partition coefficient (Wildman–Crippen LogP) is 2.24. The number of halogens is 2. The van der Waals surface area contributed by atoms with Crippen molar-refractivity contribution in [2.45, 2.75) is 6.61 Å². The summed E-state index contributed by atoms with van der Waals surface area (Å²) in [6.07, 6.45) is 3.33. The molecular formula is C8H6BrClN2O. The Morgan fingerprint density at radius 3 is 3.08 bits per heavy atom. The SMILES string of the molecule is OCc1c(Cl)c(Br)cc2cncn12. The van der Waals surface area contributed by atoms with Gasteiger partial charge in [0.25, 0.3) is 0 Å². The molecule has 0 fully saturated rings. The van der Waals surface area contributed by atoms with Crippen molar-refractivity contribution in [3.63, 3.8) is 0 Å². The maximum Gasteiger partial charge on any atom is 0.0995 e. The molecule has 2 aromatic heterocycles. The molecule has 5 heteroatoms. The van der Waals surface area contributed by atoms with Crippen LogP contribution in [0.25, 0.3) is 5.52 Å². The second-order valence-electron chi connectivity index (χ2n) is 2.60. The minimum Gasteiger partial charge on any atom is -0.390 e. The first kappa shape index (κ1) is 8.99. The Bertz CT molecular complexity index is 455. The lowest BCUT2D eigenvalue weighted by atomic mass is 10.3. The first-order chi connectivity index (χ1) is 6.24. The van der Waals surface area contributed by atoms with E-state index < -0.39 is 0 Å². The van der Waals surface area contributed by atoms with E-state index in [2.05, 4.69) is 20.9 Å². The molecule has 0 aliphatic rings. The van der Waals surface area contributed by atoms with Gasteiger partial charge in [-0.2, -0.15) is 0 Å². The van der Waals surface area contributed by atoms with Crippen LogP contribution >= 0.6 is 27.5 Å². The predicted molar refractivity (Wildman–Crippen MR) is 53.8 cm³/mol. The third kappa shape index (κ3) is 1.35. The van der Waals surface area contributed by atoms with Gasteiger partial charge in [0.05, 0.1) is 35.4 Å². The van der Waals surface area contributed by atoms with Gasteiger partial charge in [-0.3, -0.25) is 4.40 Å². The first-order valence-corrected chi connectivity index (χ1v) is 4.81. The first-order valence-electron chi connectivity index (χ1n) is 3.64. The van der Waals surface area contributed by atoms with Crippen LogP contribution in [0, 0.1) is 0 Å². The molecule has 68 valence electrons. The normalized spacial score (nSPS) is 11.0. The molecule has 2 heterocycles. The minimum atomic E-state index is -0.106. The molecule has 0 spiro atoms. The lowest BCUT2D eigenvalue weighted by Crippen LogP contribution is -1.97. The number of pyridine rings is 1. The summed E-state index contributed by atoms with van der Waals surface area (Å²) in [5.41, 5.74) is 1.55. The monoisotopic (exact) mass is 260 g/mol. The van der Waals surface area contributed by atoms with Crippen LogP contribution in [0.3, 0.4) is 0 Å². The van der Waals surface area contributed by atoms with Gasteiger partial charge in [0.1, 0.15) is 0 Å². The molecule has 0 aliphatic heterocycles. The van der Waals surface area contributed by atoms with Gasteiger partial charge in [0.2, 0.25) is 0 Å². The molecule has 0 saturated carbocycles. The highest BCUT2D eigenvalue weighted by Crippen LogP contribution is 2.28. The Balaban J connectivity index is 2.87. The Kier molecular flexibility index (Phi) is 2.27. The van der Waals surface area contributed by atoms with Crippen molar-refractivity contribution in [3.05, 3.63) is 33.8 Å². The Morgan fingerprint density at radius 2 is 2.38 bits per heavy atom. The van der Waals surface area contributed by atoms with E-state index in [1.165, 1.54) is 0 Å². The summed E-state index contributed by atoms with van der Waals surface area (Å²) in [4.78, 5) is 3.96. The number of aromatic nitrogens is 2. The van der Waals surface area contributed by atoms with Gasteiger partial charge in [-0.25, -0.2) is 4.98 Å². The van der Waals surface area contributed by atoms with E-state index in [9.17, 15) is 0 Å². The molecule has 0 radical (unpaired) electrons. The lowest BCUT2D eigenvalue weighted by Gasteiger charge is -2.06. The van der Waals surface area contributed by atoms with Crippen molar-refractivity contribution < 1.29 is 5.11 Å². The molecule has 1 N–H and O–H groups in total. The van der Waals surface area contributed by atoms with Gasteiger partial charge in [-0.15, -0.1) is 0 Å². The van der Waals surface area contributed by atoms with Crippen LogP contribution in [-0.4, -0.2) is 14.5 Å². The molecule has 2 aromatic rings. The fourth-order valence-electron chi connectivity index (χ4n) is 1.22. The van der Waals surface area contributed by atoms with Gasteiger partial charge >= 0.3 is 0 Å². The molecular weight excluding hydrogens is 255 g/mol. The molecule has 0 bridgehead atoms. The number of hydrogen-bond acceptors (Lipinski definition) is 2. The number of nitrogens with zero attached hydrogens (tertiary/aromatic N) is 2. The fraction of sp³-hybridized carbons (Fsp3) is 0.125. The van der Waals surface area contributed by atoms with Crippen LogP contribution in [0.5, 0.6) is 0 Å². The lowest BCUT2D eigenvalue weighted by molar-refractivity contribution is 0.275. The van der Waals surface area contributed by atoms with Gasteiger partial charge in [-0.1, -0.05) is 11.6 Å². The topological polar surface area (TPSA) is 37.5 Å². The van der Waals surface area contributed by atoms with Gasteiger partial charge in [-0.05, 0) is 22.0 Å². The molecule has 0 atom stereocenters. The number of imidazole rings is 1. The zero-order chi connectivity index (χ0) is 9.42. The second kappa shape index (κ2) is 3.29. The van der Waals surface area contributed by atoms with E-state index in [4.69, 9.17) is 16.7 Å². The van der Waals surface area contributed by atoms with E-state index in [1.54, 1.807) is 16.9 Å². The third-order valence-electron chi connectivity index (χ3n) is 1.85. The highest BCUT2D eigenvalue weighted by Gasteiger charge is 2.08. The van der Waals surface area contributed by atoms with E-state index in [0.717, 1.165) is 9.99 Å². The van der Waals surface area contributed by atoms with E-state index in [-0.39, 0.29) is 6.61 Å². The summed E-state index contributed by atoms with van der Waals surface area (Å²) in [6, 6.07) is 1.86. The summed E-state index contributed by atoms with van der Waals surface area (Å²) >= 11 is 9.28. The van der Waals surface area contributed by atoms with E-state index in [1.807, 2.05) is 6.07 Å². The Hall–Kier alpha value is -0.580. The van der Waals surface area contributed by atoms with Crippen molar-refractivity contribution in [2.75, 3.05) is 0 Å². The van der Waals surface area contributed by atoms with Crippen LogP contribution in [0.4, 0.5) is 0 Å². The molecule has 0 unspecified atom stereocenters. The summed E-state index contributed by atoms with van der Waals surface area (Å²) < 4.78 is 2.53. The number of aliphatic hydroxyl groups excluding tert-OH is 1. The van der Waals surface area contributed by atoms with E-state index >= 15 is 0 Å². The van der Waals surface area contributed by atoms with Crippen molar-refractivity contribution in [1.29, 1.82) is 0 Å². The van der Waals surface area contributed by atoms with Crippen molar-refractivity contribution in [1.82, 2.24) is 9.38 Å². The second-order valence-corrected chi connectivity index (χ2v) is 3.83. The van der Waals surface area contributed by atoms with Gasteiger partial charge < -0.3 is 5.11 Å². The standard InChI is InChI=1S/C8H6BrClN2O/c9-6-1-5-2-11-4-12(5)7(3-13)8(6)10/h1-2,4,13H,3H2. The summed E-state index contributed by atoms with van der Waals surface area (Å²) in [5.74, 6) is 0. The molecule has 0 saturated heterocycles. The minimum absolute atomic E-state index is 0.106. The average Bonchev–Trinajstić information content (AvgIpc) is 2.54. The van der Waals surface area contributed by atoms with Crippen LogP contribution < -0.4 is 0 Å². The average molecular weight is 262 g/mol. The smallest absolute Gasteiger partial charge is 0.0995 e. The third-order valence-corrected chi connectivity index (χ3v) is 3.12. The molecule has 0 aromatic carbocycles. The number of rotatable bonds is 1. The Morgan fingerprint density at radius 1 is 1.62 bits per heavy atom. The highest BCUT2D eigenvalue weighted by atomic mass is 79.9. The van der Waals surface area contributed by atoms with Crippen molar-refractivity contribution >= 4 is 33.0 Å². The zero-order valence-electron chi connectivity index (χ0n) is 6.54. The number of fused-ring (bicyclic) bond motifs is 1. The summed E-state index contributed by atoms with van der Waals surface area (Å²) in [5, 5.41) is 9.63. The molecule has 2 rings (SSSR count). The van der Waals surface area contributed by atoms with Gasteiger partial charge in [0.15, 0.2) is 0 Å². The van der Waals surface area contributed by atoms with Crippen molar-refractivity contribution in [2.24, 2.45) is 0 Å². The maximum absolute atomic E-state index is 9.11. The number of hydrogen-bond donors (Lipinski definition) is 1. The zero-order valence-corrected chi connectivity index (χ0v) is 8.88. The quantitative estimate of drug-likeness (QED) is 0.855. The van der Waals surface area contributed by atoms with Crippen LogP contribution in [0.2, 0.25) is 5.02 Å². The highest BCUT2D eigenvalue weighted by molar-refractivity contribution is 9.10. The summed E-state index contributed by atoms with van der Waals surface area (Å²) in [7, 11) is 0. The molecule has 0 aliphatic carbocycles. The molecule has 0 amide bonds. The molecule has 13 heavy (non-hydrogen) atoms. The van der Waals surface area contributed by atoms with Crippen LogP contribution in [-0.2, 0) is 6.61 Å². The van der Waals surface area contributed by atoms with Crippen LogP contribution in [0.15, 0.2) is 23.1 Å². The fourth-order valence-corrected chi connectivity index (χ4v) is 1.89. The molecule has 3 nitrogen and oxygen atoms in total. The van der Waals surface area contributed by atoms with E-state index in [0.29, 0.717) is 10.7 Å². The number of aliphatic hydroxyl groups is 1. The largest absolute Gasteiger partial charge is 0.390 e. The summed E-state index contributed by atoms with van der Waals surface area (Å²) in [6.45, 7) is -0.106.